The molecule has 1 amide bonds. The third-order valence-corrected chi connectivity index (χ3v) is 6.58. The molecule has 6 nitrogen and oxygen atoms in total. The molecule has 35 heavy (non-hydrogen) atoms. The largest absolute Gasteiger partial charge is 0.489 e. The van der Waals surface area contributed by atoms with Gasteiger partial charge in [-0.2, -0.15) is 0 Å². The topological polar surface area (TPSA) is 90.4 Å². The summed E-state index contributed by atoms with van der Waals surface area (Å²) in [4.78, 5) is 17.5. The lowest BCUT2D eigenvalue weighted by Gasteiger charge is -2.14. The molecule has 3 N–H and O–H groups in total. The van der Waals surface area contributed by atoms with Crippen molar-refractivity contribution in [3.8, 4) is 5.75 Å². The van der Waals surface area contributed by atoms with Gasteiger partial charge in [0.05, 0.1) is 12.4 Å². The number of nitrogens with zero attached hydrogens (tertiary/aromatic N) is 2. The highest BCUT2D eigenvalue weighted by Gasteiger charge is 2.10. The van der Waals surface area contributed by atoms with Crippen LogP contribution in [-0.2, 0) is 19.6 Å². The van der Waals surface area contributed by atoms with Crippen LogP contribution in [0.2, 0.25) is 0 Å². The van der Waals surface area contributed by atoms with E-state index in [1.54, 1.807) is 22.5 Å². The maximum Gasteiger partial charge on any atom is 0.268 e. The first-order valence-electron chi connectivity index (χ1n) is 11.6. The van der Waals surface area contributed by atoms with E-state index in [0.717, 1.165) is 29.7 Å². The summed E-state index contributed by atoms with van der Waals surface area (Å²) in [6, 6.07) is 26.8. The van der Waals surface area contributed by atoms with Crippen molar-refractivity contribution in [3.63, 3.8) is 0 Å². The Morgan fingerprint density at radius 1 is 1.00 bits per heavy atom. The second-order valence-corrected chi connectivity index (χ2v) is 9.47. The minimum atomic E-state index is -0.572. The molecule has 4 aromatic rings. The van der Waals surface area contributed by atoms with Gasteiger partial charge in [-0.25, -0.2) is 4.98 Å². The van der Waals surface area contributed by atoms with Gasteiger partial charge < -0.3 is 20.1 Å². The van der Waals surface area contributed by atoms with Gasteiger partial charge in [-0.15, -0.1) is 0 Å². The molecule has 1 unspecified atom stereocenters. The molecule has 0 spiro atoms. The fourth-order valence-corrected chi connectivity index (χ4v) is 4.58. The second kappa shape index (κ2) is 12.2. The van der Waals surface area contributed by atoms with Gasteiger partial charge in [-0.3, -0.25) is 4.79 Å². The number of para-hydroxylation sites is 1. The first kappa shape index (κ1) is 24.6. The fraction of sp³-hybridized carbons (Fsp3) is 0.214. The molecule has 0 aliphatic carbocycles. The Hall–Kier alpha value is -3.55. The third-order valence-electron chi connectivity index (χ3n) is 5.56. The Labute approximate surface area is 209 Å². The minimum Gasteiger partial charge on any atom is -0.489 e. The van der Waals surface area contributed by atoms with E-state index in [0.29, 0.717) is 19.6 Å². The van der Waals surface area contributed by atoms with Crippen LogP contribution in [0.25, 0.3) is 0 Å². The molecule has 0 bridgehead atoms. The molecule has 4 rings (SSSR count). The van der Waals surface area contributed by atoms with E-state index in [1.807, 2.05) is 36.4 Å². The van der Waals surface area contributed by atoms with Crippen LogP contribution in [0.5, 0.6) is 5.75 Å². The molecule has 0 saturated heterocycles. The number of benzene rings is 3. The number of hydrogen-bond acceptors (Lipinski definition) is 5. The number of ether oxygens (including phenoxy) is 1. The number of carbonyl (C=O) groups is 1. The number of aryl methyl sites for hydroxylation is 1. The van der Waals surface area contributed by atoms with E-state index in [2.05, 4.69) is 47.4 Å². The molecule has 1 heterocycles. The highest BCUT2D eigenvalue weighted by atomic mass is 32.2. The molecule has 0 aliphatic heterocycles. The van der Waals surface area contributed by atoms with Crippen molar-refractivity contribution < 1.29 is 14.6 Å². The molecule has 1 atom stereocenters. The van der Waals surface area contributed by atoms with Crippen LogP contribution in [0, 0.1) is 0 Å². The summed E-state index contributed by atoms with van der Waals surface area (Å²) in [6.45, 7) is 0.871. The first-order chi connectivity index (χ1) is 17.1. The Bertz CT molecular complexity index is 1230. The van der Waals surface area contributed by atoms with Crippen molar-refractivity contribution in [2.45, 2.75) is 48.3 Å². The number of aromatic nitrogens is 2. The van der Waals surface area contributed by atoms with E-state index in [-0.39, 0.29) is 5.69 Å². The zero-order valence-corrected chi connectivity index (χ0v) is 20.2. The standard InChI is InChI=1S/C28H29N3O3S/c29-28(33)26-18-31(20-30-26)17-23(32)9-6-8-22-7-4-5-12-27(22)34-19-21-13-15-25(16-14-21)35-24-10-2-1-3-11-24/h1-5,7,10-16,18,20,23,32H,6,8-9,17,19H2,(H2,29,33). The maximum atomic E-state index is 11.2. The van der Waals surface area contributed by atoms with Crippen molar-refractivity contribution >= 4 is 17.7 Å². The highest BCUT2D eigenvalue weighted by Crippen LogP contribution is 2.28. The van der Waals surface area contributed by atoms with Crippen LogP contribution >= 0.6 is 11.8 Å². The van der Waals surface area contributed by atoms with Crippen molar-refractivity contribution in [2.75, 3.05) is 0 Å². The van der Waals surface area contributed by atoms with E-state index >= 15 is 0 Å². The van der Waals surface area contributed by atoms with Crippen molar-refractivity contribution in [3.05, 3.63) is 108 Å². The molecule has 0 fully saturated rings. The average Bonchev–Trinajstić information content (AvgIpc) is 3.34. The van der Waals surface area contributed by atoms with Gasteiger partial charge in [0, 0.05) is 22.5 Å². The quantitative estimate of drug-likeness (QED) is 0.290. The van der Waals surface area contributed by atoms with E-state index in [1.165, 1.54) is 16.1 Å². The molecule has 1 aromatic heterocycles. The number of nitrogens with two attached hydrogens (primary N) is 1. The fourth-order valence-electron chi connectivity index (χ4n) is 3.74. The predicted molar refractivity (Wildman–Crippen MR) is 137 cm³/mol. The molecular formula is C28H29N3O3S. The van der Waals surface area contributed by atoms with Crippen LogP contribution < -0.4 is 10.5 Å². The molecule has 7 heteroatoms. The first-order valence-corrected chi connectivity index (χ1v) is 12.4. The summed E-state index contributed by atoms with van der Waals surface area (Å²) in [6.07, 6.45) is 4.77. The number of aliphatic hydroxyl groups is 1. The average molecular weight is 488 g/mol. The molecule has 0 radical (unpaired) electrons. The second-order valence-electron chi connectivity index (χ2n) is 8.32. The summed E-state index contributed by atoms with van der Waals surface area (Å²) in [7, 11) is 0. The van der Waals surface area contributed by atoms with Crippen LogP contribution in [-0.4, -0.2) is 26.7 Å². The lowest BCUT2D eigenvalue weighted by Crippen LogP contribution is -2.15. The Morgan fingerprint density at radius 3 is 2.46 bits per heavy atom. The zero-order chi connectivity index (χ0) is 24.5. The van der Waals surface area contributed by atoms with E-state index in [4.69, 9.17) is 10.5 Å². The Morgan fingerprint density at radius 2 is 1.71 bits per heavy atom. The van der Waals surface area contributed by atoms with Gasteiger partial charge in [0.2, 0.25) is 0 Å². The van der Waals surface area contributed by atoms with Crippen LogP contribution in [0.4, 0.5) is 0 Å². The highest BCUT2D eigenvalue weighted by molar-refractivity contribution is 7.99. The normalized spacial score (nSPS) is 11.8. The van der Waals surface area contributed by atoms with Gasteiger partial charge in [0.15, 0.2) is 0 Å². The lowest BCUT2D eigenvalue weighted by molar-refractivity contribution is 0.0995. The van der Waals surface area contributed by atoms with E-state index in [9.17, 15) is 9.90 Å². The summed E-state index contributed by atoms with van der Waals surface area (Å²) < 4.78 is 7.82. The number of rotatable bonds is 12. The number of imidazole rings is 1. The number of aliphatic hydroxyl groups excluding tert-OH is 1. The van der Waals surface area contributed by atoms with Crippen molar-refractivity contribution in [1.82, 2.24) is 9.55 Å². The molecule has 0 aliphatic rings. The van der Waals surface area contributed by atoms with E-state index < -0.39 is 12.0 Å². The predicted octanol–water partition coefficient (Wildman–Crippen LogP) is 5.10. The lowest BCUT2D eigenvalue weighted by atomic mass is 10.0. The van der Waals surface area contributed by atoms with Crippen molar-refractivity contribution in [1.29, 1.82) is 0 Å². The third kappa shape index (κ3) is 7.47. The summed E-state index contributed by atoms with van der Waals surface area (Å²) in [5.74, 6) is 0.294. The van der Waals surface area contributed by atoms with Gasteiger partial charge in [-0.05, 0) is 60.7 Å². The molecule has 3 aromatic carbocycles. The zero-order valence-electron chi connectivity index (χ0n) is 19.4. The summed E-state index contributed by atoms with van der Waals surface area (Å²) in [5, 5.41) is 10.4. The van der Waals surface area contributed by atoms with Crippen LogP contribution in [0.15, 0.2) is 101 Å². The number of amides is 1. The maximum absolute atomic E-state index is 11.2. The van der Waals surface area contributed by atoms with Gasteiger partial charge in [-0.1, -0.05) is 60.3 Å². The Kier molecular flexibility index (Phi) is 8.59. The van der Waals surface area contributed by atoms with Crippen molar-refractivity contribution in [2.24, 2.45) is 5.73 Å². The number of carbonyl (C=O) groups excluding carboxylic acids is 1. The SMILES string of the molecule is NC(=O)c1cn(CC(O)CCCc2ccccc2OCc2ccc(Sc3ccccc3)cc2)cn1. The van der Waals surface area contributed by atoms with Crippen LogP contribution in [0.3, 0.4) is 0 Å². The summed E-state index contributed by atoms with van der Waals surface area (Å²) in [5.41, 5.74) is 7.66. The van der Waals surface area contributed by atoms with Gasteiger partial charge in [0.1, 0.15) is 18.1 Å². The smallest absolute Gasteiger partial charge is 0.268 e. The number of primary amides is 1. The minimum absolute atomic E-state index is 0.202. The van der Waals surface area contributed by atoms with Gasteiger partial charge >= 0.3 is 0 Å². The van der Waals surface area contributed by atoms with Crippen LogP contribution in [0.1, 0.15) is 34.5 Å². The molecular weight excluding hydrogens is 458 g/mol. The van der Waals surface area contributed by atoms with Gasteiger partial charge in [0.25, 0.3) is 5.91 Å². The Balaban J connectivity index is 1.25. The molecule has 0 saturated carbocycles. The molecule has 180 valence electrons. The number of hydrogen-bond donors (Lipinski definition) is 2. The monoisotopic (exact) mass is 487 g/mol. The summed E-state index contributed by atoms with van der Waals surface area (Å²) >= 11 is 1.74.